The van der Waals surface area contributed by atoms with Gasteiger partial charge in [-0.05, 0) is 35.9 Å². The zero-order chi connectivity index (χ0) is 35.7. The first kappa shape index (κ1) is 34.0. The number of benzene rings is 2. The molecule has 2 aliphatic rings. The molecule has 1 fully saturated rings. The lowest BCUT2D eigenvalue weighted by Gasteiger charge is -2.52. The summed E-state index contributed by atoms with van der Waals surface area (Å²) in [5, 5.41) is 50.1. The number of thiazole rings is 1. The number of phenolic OH excluding ortho intramolecular Hbond substituents is 2. The Morgan fingerprint density at radius 1 is 1.22 bits per heavy atom. The maximum Gasteiger partial charge on any atom is 0.362 e. The topological polar surface area (TPSA) is 232 Å². The van der Waals surface area contributed by atoms with Crippen molar-refractivity contribution in [1.29, 1.82) is 0 Å². The zero-order valence-electron chi connectivity index (χ0n) is 25.6. The van der Waals surface area contributed by atoms with E-state index in [0.717, 1.165) is 28.3 Å². The van der Waals surface area contributed by atoms with Crippen molar-refractivity contribution in [3.63, 3.8) is 0 Å². The molecule has 0 aliphatic carbocycles. The van der Waals surface area contributed by atoms with Crippen LogP contribution in [0.5, 0.6) is 11.5 Å². The summed E-state index contributed by atoms with van der Waals surface area (Å²) in [6, 6.07) is 12.4. The highest BCUT2D eigenvalue weighted by molar-refractivity contribution is 7.86. The number of halogens is 1. The van der Waals surface area contributed by atoms with Crippen molar-refractivity contribution in [3.05, 3.63) is 101 Å². The van der Waals surface area contributed by atoms with Gasteiger partial charge in [-0.25, -0.2) is 14.2 Å². The number of aromatic hydroxyl groups is 2. The molecule has 50 heavy (non-hydrogen) atoms. The Kier molecular flexibility index (Phi) is 9.22. The zero-order valence-corrected chi connectivity index (χ0v) is 27.3. The Morgan fingerprint density at radius 2 is 1.98 bits per heavy atom. The van der Waals surface area contributed by atoms with Gasteiger partial charge in [0.15, 0.2) is 35.2 Å². The van der Waals surface area contributed by atoms with Gasteiger partial charge in [0, 0.05) is 29.4 Å². The quantitative estimate of drug-likeness (QED) is 0.0605. The number of allylic oxidation sites excluding steroid dienone is 2. The van der Waals surface area contributed by atoms with Gasteiger partial charge in [-0.3, -0.25) is 9.00 Å². The number of phenols is 2. The van der Waals surface area contributed by atoms with Crippen molar-refractivity contribution in [2.24, 2.45) is 5.16 Å². The van der Waals surface area contributed by atoms with Crippen LogP contribution in [-0.4, -0.2) is 77.2 Å². The number of nitrogens with one attached hydrogen (secondary N) is 1. The molecule has 2 aromatic heterocycles. The number of oxime groups is 1. The first-order chi connectivity index (χ1) is 23.9. The van der Waals surface area contributed by atoms with E-state index in [1.807, 2.05) is 47.2 Å². The summed E-state index contributed by atoms with van der Waals surface area (Å²) in [4.78, 5) is 48.2. The van der Waals surface area contributed by atoms with E-state index in [-0.39, 0.29) is 23.1 Å². The number of hydrogen-bond donors (Lipinski definition) is 5. The number of amides is 1. The molecular weight excluding hydrogens is 696 g/mol. The lowest BCUT2D eigenvalue weighted by molar-refractivity contribution is -0.661. The monoisotopic (exact) mass is 722 g/mol. The number of rotatable bonds is 11. The third-order valence-electron chi connectivity index (χ3n) is 8.16. The van der Waals surface area contributed by atoms with Crippen LogP contribution in [0.3, 0.4) is 0 Å². The van der Waals surface area contributed by atoms with Crippen molar-refractivity contribution in [1.82, 2.24) is 15.2 Å². The number of para-hydroxylation sites is 1. The highest BCUT2D eigenvalue weighted by atomic mass is 32.2. The van der Waals surface area contributed by atoms with E-state index in [1.165, 1.54) is 10.3 Å². The fourth-order valence-electron chi connectivity index (χ4n) is 5.86. The second-order valence-corrected chi connectivity index (χ2v) is 13.6. The van der Waals surface area contributed by atoms with E-state index >= 15 is 0 Å². The third-order valence-corrected chi connectivity index (χ3v) is 10.5. The molecule has 0 saturated carbocycles. The second kappa shape index (κ2) is 13.6. The Morgan fingerprint density at radius 3 is 2.70 bits per heavy atom. The van der Waals surface area contributed by atoms with E-state index in [1.54, 1.807) is 12.2 Å². The molecule has 15 nitrogen and oxygen atoms in total. The molecule has 6 rings (SSSR count). The molecular formula is C32H27FN6O9S2. The molecule has 0 radical (unpaired) electrons. The average molecular weight is 723 g/mol. The molecule has 258 valence electrons. The van der Waals surface area contributed by atoms with E-state index in [2.05, 4.69) is 15.5 Å². The van der Waals surface area contributed by atoms with Gasteiger partial charge in [0.25, 0.3) is 5.91 Å². The van der Waals surface area contributed by atoms with Gasteiger partial charge >= 0.3 is 11.6 Å². The molecule has 4 unspecified atom stereocenters. The number of nitrogens with two attached hydrogens (primary N) is 1. The maximum absolute atomic E-state index is 13.9. The SMILES string of the molecule is Nc1nc(C(ON=CC(=O)NC2CN3C(C(=O)[O-])=C(C=CC[n+]4cccc5ccccc54)CS(=O)C23)(C(=O)O)c2ccc(F)c(O)c2O)cs1. The number of aromatic nitrogens is 2. The summed E-state index contributed by atoms with van der Waals surface area (Å²) in [5.41, 5.74) is 2.96. The van der Waals surface area contributed by atoms with Crippen LogP contribution >= 0.6 is 11.3 Å². The highest BCUT2D eigenvalue weighted by Crippen LogP contribution is 2.44. The molecule has 18 heteroatoms. The minimum absolute atomic E-state index is 0.0323. The Hall–Kier alpha value is -5.88. The van der Waals surface area contributed by atoms with Crippen molar-refractivity contribution < 1.29 is 52.8 Å². The van der Waals surface area contributed by atoms with Gasteiger partial charge in [0.2, 0.25) is 5.52 Å². The summed E-state index contributed by atoms with van der Waals surface area (Å²) in [6.07, 6.45) is 5.83. The van der Waals surface area contributed by atoms with Gasteiger partial charge in [-0.15, -0.1) is 11.3 Å². The van der Waals surface area contributed by atoms with Gasteiger partial charge in [0.1, 0.15) is 17.3 Å². The Labute approximate surface area is 288 Å². The minimum Gasteiger partial charge on any atom is -0.543 e. The van der Waals surface area contributed by atoms with Crippen LogP contribution in [0.1, 0.15) is 11.3 Å². The minimum atomic E-state index is -2.79. The maximum atomic E-state index is 13.9. The van der Waals surface area contributed by atoms with Crippen LogP contribution in [0.2, 0.25) is 0 Å². The van der Waals surface area contributed by atoms with Crippen molar-refractivity contribution >= 4 is 62.2 Å². The van der Waals surface area contributed by atoms with Crippen LogP contribution in [-0.2, 0) is 42.2 Å². The van der Waals surface area contributed by atoms with Crippen LogP contribution in [0.4, 0.5) is 9.52 Å². The van der Waals surface area contributed by atoms with Crippen LogP contribution in [0, 0.1) is 5.82 Å². The fourth-order valence-corrected chi connectivity index (χ4v) is 8.17. The Balaban J connectivity index is 1.17. The number of carboxylic acids is 2. The number of pyridine rings is 1. The van der Waals surface area contributed by atoms with E-state index < -0.39 is 74.2 Å². The van der Waals surface area contributed by atoms with Crippen molar-refractivity contribution in [2.75, 3.05) is 18.0 Å². The van der Waals surface area contributed by atoms with E-state index in [4.69, 9.17) is 10.6 Å². The number of fused-ring (bicyclic) bond motifs is 2. The van der Waals surface area contributed by atoms with Gasteiger partial charge < -0.3 is 46.0 Å². The van der Waals surface area contributed by atoms with Crippen LogP contribution < -0.4 is 20.7 Å². The molecule has 4 heterocycles. The second-order valence-electron chi connectivity index (χ2n) is 11.1. The number of carbonyl (C=O) groups is 3. The fraction of sp³-hybridized carbons (Fsp3) is 0.188. The standard InChI is InChI=1S/C32H27FN6O9S2/c33-20-10-9-19(26(41)27(20)42)32(30(45)46,23-15-49-31(34)37-23)48-35-13-24(40)36-21-14-39-25(29(43)44)18(16-50(47)28(21)39)7-4-12-38-11-3-6-17-5-1-2-8-22(17)38/h1-11,13,15,21,28H,12,14,16H2,(H6-,34,35,36,37,40,41,42,43,44,45,46). The van der Waals surface area contributed by atoms with E-state index in [0.29, 0.717) is 24.4 Å². The summed E-state index contributed by atoms with van der Waals surface area (Å²) in [5.74, 6) is -8.00. The molecule has 0 bridgehead atoms. The predicted octanol–water partition coefficient (Wildman–Crippen LogP) is 0.196. The third kappa shape index (κ3) is 6.09. The predicted molar refractivity (Wildman–Crippen MR) is 175 cm³/mol. The first-order valence-corrected chi connectivity index (χ1v) is 17.0. The van der Waals surface area contributed by atoms with Gasteiger partial charge in [-0.1, -0.05) is 23.4 Å². The lowest BCUT2D eigenvalue weighted by atomic mass is 9.89. The lowest BCUT2D eigenvalue weighted by Crippen LogP contribution is -2.70. The molecule has 4 aromatic rings. The van der Waals surface area contributed by atoms with Gasteiger partial charge in [-0.2, -0.15) is 4.57 Å². The molecule has 1 amide bonds. The van der Waals surface area contributed by atoms with E-state index in [9.17, 15) is 43.4 Å². The highest BCUT2D eigenvalue weighted by Gasteiger charge is 2.51. The Bertz CT molecular complexity index is 2150. The number of carbonyl (C=O) groups excluding carboxylic acids is 2. The average Bonchev–Trinajstić information content (AvgIpc) is 3.51. The first-order valence-electron chi connectivity index (χ1n) is 14.7. The molecule has 1 saturated heterocycles. The molecule has 4 atom stereocenters. The molecule has 0 spiro atoms. The summed E-state index contributed by atoms with van der Waals surface area (Å²) < 4.78 is 29.1. The van der Waals surface area contributed by atoms with Gasteiger partial charge in [0.05, 0.1) is 39.8 Å². The number of nitrogen functional groups attached to an aromatic ring is 1. The molecule has 2 aromatic carbocycles. The number of carboxylic acid groups (broad SMARTS) is 2. The summed E-state index contributed by atoms with van der Waals surface area (Å²) in [6.45, 7) is 0.387. The summed E-state index contributed by atoms with van der Waals surface area (Å²) >= 11 is 0.817. The van der Waals surface area contributed by atoms with Crippen molar-refractivity contribution in [3.8, 4) is 11.5 Å². The number of nitrogens with zero attached hydrogens (tertiary/aromatic N) is 4. The van der Waals surface area contributed by atoms with Crippen LogP contribution in [0.25, 0.3) is 10.9 Å². The summed E-state index contributed by atoms with van der Waals surface area (Å²) in [7, 11) is -1.64. The van der Waals surface area contributed by atoms with Crippen molar-refractivity contribution in [2.45, 2.75) is 23.6 Å². The largest absolute Gasteiger partial charge is 0.543 e. The molecule has 2 aliphatic heterocycles. The molecule has 6 N–H and O–H groups in total. The number of hydrogen-bond acceptors (Lipinski definition) is 13. The normalized spacial score (nSPS) is 20.0. The number of anilines is 1. The van der Waals surface area contributed by atoms with Crippen LogP contribution in [0.15, 0.2) is 88.7 Å². The number of aliphatic carboxylic acids is 2. The smallest absolute Gasteiger partial charge is 0.362 e.